The van der Waals surface area contributed by atoms with Crippen LogP contribution in [0.2, 0.25) is 5.02 Å². The third kappa shape index (κ3) is 3.71. The Morgan fingerprint density at radius 2 is 2.39 bits per heavy atom. The van der Waals surface area contributed by atoms with Crippen molar-refractivity contribution >= 4 is 11.6 Å². The normalized spacial score (nSPS) is 21.8. The van der Waals surface area contributed by atoms with Gasteiger partial charge in [0, 0.05) is 23.6 Å². The van der Waals surface area contributed by atoms with E-state index in [9.17, 15) is 0 Å². The van der Waals surface area contributed by atoms with Gasteiger partial charge in [-0.3, -0.25) is 0 Å². The molecular weight excluding hydrogens is 246 g/mol. The number of benzene rings is 1. The Balaban J connectivity index is 2.12. The third-order valence-corrected chi connectivity index (χ3v) is 3.72. The van der Waals surface area contributed by atoms with Gasteiger partial charge in [-0.15, -0.1) is 0 Å². The number of hydrogen-bond acceptors (Lipinski definition) is 2. The second-order valence-corrected chi connectivity index (χ2v) is 5.40. The van der Waals surface area contributed by atoms with Crippen LogP contribution in [-0.4, -0.2) is 19.8 Å². The Bertz CT molecular complexity index is 363. The lowest BCUT2D eigenvalue weighted by Crippen LogP contribution is -2.33. The first-order valence-corrected chi connectivity index (χ1v) is 7.25. The minimum absolute atomic E-state index is 0.365. The predicted molar refractivity (Wildman–Crippen MR) is 76.0 cm³/mol. The maximum absolute atomic E-state index is 6.10. The molecule has 1 aliphatic rings. The topological polar surface area (TPSA) is 21.3 Å². The molecule has 0 radical (unpaired) electrons. The lowest BCUT2D eigenvalue weighted by atomic mass is 9.88. The number of halogens is 1. The van der Waals surface area contributed by atoms with Gasteiger partial charge >= 0.3 is 0 Å². The molecule has 0 aromatic heterocycles. The summed E-state index contributed by atoms with van der Waals surface area (Å²) in [5, 5.41) is 4.46. The summed E-state index contributed by atoms with van der Waals surface area (Å²) in [5.41, 5.74) is 1.28. The second-order valence-electron chi connectivity index (χ2n) is 4.96. The summed E-state index contributed by atoms with van der Waals surface area (Å²) in [4.78, 5) is 0. The fraction of sp³-hybridized carbons (Fsp3) is 0.600. The average Bonchev–Trinajstić information content (AvgIpc) is 2.40. The quantitative estimate of drug-likeness (QED) is 0.876. The van der Waals surface area contributed by atoms with Crippen molar-refractivity contribution < 1.29 is 4.74 Å². The van der Waals surface area contributed by atoms with Crippen molar-refractivity contribution in [2.75, 3.05) is 19.8 Å². The van der Waals surface area contributed by atoms with Gasteiger partial charge < -0.3 is 10.1 Å². The molecule has 0 bridgehead atoms. The maximum Gasteiger partial charge on any atom is 0.0512 e. The highest BCUT2D eigenvalue weighted by Gasteiger charge is 2.25. The van der Waals surface area contributed by atoms with Crippen molar-refractivity contribution in [3.05, 3.63) is 34.9 Å². The summed E-state index contributed by atoms with van der Waals surface area (Å²) in [7, 11) is 0. The molecule has 1 fully saturated rings. The molecule has 2 nitrogen and oxygen atoms in total. The molecule has 2 unspecified atom stereocenters. The first-order valence-electron chi connectivity index (χ1n) is 6.88. The zero-order valence-electron chi connectivity index (χ0n) is 11.0. The highest BCUT2D eigenvalue weighted by molar-refractivity contribution is 6.30. The standard InChI is InChI=1S/C15H22ClNO/c1-2-8-17-15(13-6-4-9-18-11-13)12-5-3-7-14(16)10-12/h3,5,7,10,13,15,17H,2,4,6,8-9,11H2,1H3. The fourth-order valence-corrected chi connectivity index (χ4v) is 2.78. The van der Waals surface area contributed by atoms with Crippen molar-refractivity contribution in [3.63, 3.8) is 0 Å². The Kier molecular flexibility index (Phi) is 5.48. The van der Waals surface area contributed by atoms with Gasteiger partial charge in [0.15, 0.2) is 0 Å². The summed E-state index contributed by atoms with van der Waals surface area (Å²) in [6, 6.07) is 8.56. The first kappa shape index (κ1) is 13.9. The summed E-state index contributed by atoms with van der Waals surface area (Å²) < 4.78 is 5.62. The first-order chi connectivity index (χ1) is 8.81. The summed E-state index contributed by atoms with van der Waals surface area (Å²) in [5.74, 6) is 0.559. The highest BCUT2D eigenvalue weighted by Crippen LogP contribution is 2.30. The molecule has 0 spiro atoms. The molecule has 18 heavy (non-hydrogen) atoms. The van der Waals surface area contributed by atoms with Crippen LogP contribution in [0.15, 0.2) is 24.3 Å². The molecule has 2 rings (SSSR count). The fourth-order valence-electron chi connectivity index (χ4n) is 2.59. The van der Waals surface area contributed by atoms with Crippen LogP contribution in [0.1, 0.15) is 37.8 Å². The Morgan fingerprint density at radius 1 is 1.50 bits per heavy atom. The van der Waals surface area contributed by atoms with E-state index in [-0.39, 0.29) is 0 Å². The Hall–Kier alpha value is -0.570. The SMILES string of the molecule is CCCNC(c1cccc(Cl)c1)C1CCCOC1. The predicted octanol–water partition coefficient (Wildman–Crippen LogP) is 3.81. The van der Waals surface area contributed by atoms with Gasteiger partial charge in [0.25, 0.3) is 0 Å². The number of rotatable bonds is 5. The molecule has 3 heteroatoms. The van der Waals surface area contributed by atoms with Crippen LogP contribution in [0.5, 0.6) is 0 Å². The Morgan fingerprint density at radius 3 is 3.06 bits per heavy atom. The molecule has 1 aromatic rings. The van der Waals surface area contributed by atoms with Crippen LogP contribution < -0.4 is 5.32 Å². The molecule has 0 saturated carbocycles. The lowest BCUT2D eigenvalue weighted by molar-refractivity contribution is 0.0390. The molecule has 1 N–H and O–H groups in total. The summed E-state index contributed by atoms with van der Waals surface area (Å²) >= 11 is 6.10. The zero-order valence-corrected chi connectivity index (χ0v) is 11.7. The van der Waals surface area contributed by atoms with E-state index in [1.165, 1.54) is 12.0 Å². The minimum Gasteiger partial charge on any atom is -0.381 e. The summed E-state index contributed by atoms with van der Waals surface area (Å²) in [6.45, 7) is 4.99. The van der Waals surface area contributed by atoms with Gasteiger partial charge in [0.1, 0.15) is 0 Å². The van der Waals surface area contributed by atoms with Crippen LogP contribution in [0, 0.1) is 5.92 Å². The van der Waals surface area contributed by atoms with Crippen LogP contribution >= 0.6 is 11.6 Å². The van der Waals surface area contributed by atoms with Gasteiger partial charge in [-0.05, 0) is 43.5 Å². The molecule has 2 atom stereocenters. The van der Waals surface area contributed by atoms with Crippen LogP contribution in [0.3, 0.4) is 0 Å². The van der Waals surface area contributed by atoms with Gasteiger partial charge in [-0.1, -0.05) is 30.7 Å². The van der Waals surface area contributed by atoms with E-state index in [1.807, 2.05) is 12.1 Å². The monoisotopic (exact) mass is 267 g/mol. The van der Waals surface area contributed by atoms with Crippen LogP contribution in [-0.2, 0) is 4.74 Å². The molecule has 1 aromatic carbocycles. The lowest BCUT2D eigenvalue weighted by Gasteiger charge is -2.31. The van der Waals surface area contributed by atoms with Crippen molar-refractivity contribution in [2.45, 2.75) is 32.2 Å². The van der Waals surface area contributed by atoms with Crippen molar-refractivity contribution in [1.82, 2.24) is 5.32 Å². The van der Waals surface area contributed by atoms with E-state index in [0.717, 1.165) is 37.6 Å². The molecule has 0 amide bonds. The second kappa shape index (κ2) is 7.13. The molecular formula is C15H22ClNO. The average molecular weight is 268 g/mol. The van der Waals surface area contributed by atoms with E-state index in [1.54, 1.807) is 0 Å². The van der Waals surface area contributed by atoms with Crippen molar-refractivity contribution in [3.8, 4) is 0 Å². The number of nitrogens with one attached hydrogen (secondary N) is 1. The molecule has 100 valence electrons. The van der Waals surface area contributed by atoms with Crippen LogP contribution in [0.25, 0.3) is 0 Å². The van der Waals surface area contributed by atoms with Gasteiger partial charge in [-0.25, -0.2) is 0 Å². The third-order valence-electron chi connectivity index (χ3n) is 3.49. The molecule has 1 heterocycles. The Labute approximate surface area is 115 Å². The minimum atomic E-state index is 0.365. The van der Waals surface area contributed by atoms with Crippen molar-refractivity contribution in [2.24, 2.45) is 5.92 Å². The maximum atomic E-state index is 6.10. The largest absolute Gasteiger partial charge is 0.381 e. The summed E-state index contributed by atoms with van der Waals surface area (Å²) in [6.07, 6.45) is 3.54. The molecule has 0 aliphatic carbocycles. The van der Waals surface area contributed by atoms with E-state index < -0.39 is 0 Å². The van der Waals surface area contributed by atoms with E-state index >= 15 is 0 Å². The van der Waals surface area contributed by atoms with Gasteiger partial charge in [0.2, 0.25) is 0 Å². The van der Waals surface area contributed by atoms with E-state index in [2.05, 4.69) is 24.4 Å². The van der Waals surface area contributed by atoms with Gasteiger partial charge in [0.05, 0.1) is 6.61 Å². The van der Waals surface area contributed by atoms with Gasteiger partial charge in [-0.2, -0.15) is 0 Å². The number of ether oxygens (including phenoxy) is 1. The molecule has 1 aliphatic heterocycles. The number of hydrogen-bond donors (Lipinski definition) is 1. The van der Waals surface area contributed by atoms with E-state index in [4.69, 9.17) is 16.3 Å². The highest BCUT2D eigenvalue weighted by atomic mass is 35.5. The van der Waals surface area contributed by atoms with Crippen LogP contribution in [0.4, 0.5) is 0 Å². The van der Waals surface area contributed by atoms with Crippen molar-refractivity contribution in [1.29, 1.82) is 0 Å². The molecule has 1 saturated heterocycles. The zero-order chi connectivity index (χ0) is 12.8. The smallest absolute Gasteiger partial charge is 0.0512 e. The van der Waals surface area contributed by atoms with E-state index in [0.29, 0.717) is 12.0 Å².